The molecule has 2 heterocycles. The van der Waals surface area contributed by atoms with Crippen LogP contribution < -0.4 is 11.1 Å². The van der Waals surface area contributed by atoms with E-state index in [2.05, 4.69) is 26.8 Å². The number of imidazole rings is 1. The maximum Gasteiger partial charge on any atom is 0.0951 e. The minimum Gasteiger partial charge on any atom is -0.397 e. The number of nitrogens with two attached hydrogens (primary N) is 1. The number of hydrogen-bond acceptors (Lipinski definition) is 4. The van der Waals surface area contributed by atoms with Crippen LogP contribution in [0.4, 0.5) is 11.4 Å². The molecule has 20 heavy (non-hydrogen) atoms. The fourth-order valence-corrected chi connectivity index (χ4v) is 2.34. The molecule has 0 bridgehead atoms. The molecular formula is C15H17N5. The molecule has 0 fully saturated rings. The Bertz CT molecular complexity index is 705. The third-order valence-electron chi connectivity index (χ3n) is 3.25. The number of nitrogens with zero attached hydrogens (tertiary/aromatic N) is 3. The average molecular weight is 267 g/mol. The van der Waals surface area contributed by atoms with Crippen molar-refractivity contribution >= 4 is 22.3 Å². The second kappa shape index (κ2) is 5.21. The third-order valence-corrected chi connectivity index (χ3v) is 3.25. The van der Waals surface area contributed by atoms with Gasteiger partial charge in [0, 0.05) is 42.3 Å². The Morgan fingerprint density at radius 3 is 3.00 bits per heavy atom. The van der Waals surface area contributed by atoms with E-state index in [9.17, 15) is 0 Å². The Labute approximate surface area is 117 Å². The fourth-order valence-electron chi connectivity index (χ4n) is 2.34. The van der Waals surface area contributed by atoms with Crippen molar-refractivity contribution in [2.45, 2.75) is 19.5 Å². The van der Waals surface area contributed by atoms with Gasteiger partial charge in [-0.2, -0.15) is 0 Å². The zero-order valence-electron chi connectivity index (χ0n) is 11.3. The zero-order valence-corrected chi connectivity index (χ0v) is 11.3. The molecule has 0 amide bonds. The highest BCUT2D eigenvalue weighted by atomic mass is 15.1. The van der Waals surface area contributed by atoms with Crippen LogP contribution in [-0.4, -0.2) is 20.6 Å². The van der Waals surface area contributed by atoms with Crippen molar-refractivity contribution < 1.29 is 0 Å². The highest BCUT2D eigenvalue weighted by molar-refractivity contribution is 5.98. The Kier molecular flexibility index (Phi) is 3.25. The standard InChI is InChI=1S/C15H17N5/c1-11(9-20-8-7-17-10-20)19-14-5-4-13(16)15-12(14)3-2-6-18-15/h2-8,10-11,19H,9,16H2,1H3. The van der Waals surface area contributed by atoms with Gasteiger partial charge in [0.15, 0.2) is 0 Å². The number of aromatic nitrogens is 3. The van der Waals surface area contributed by atoms with E-state index in [4.69, 9.17) is 5.73 Å². The molecule has 0 aliphatic rings. The van der Waals surface area contributed by atoms with Crippen LogP contribution in [0.2, 0.25) is 0 Å². The summed E-state index contributed by atoms with van der Waals surface area (Å²) in [6.07, 6.45) is 7.33. The van der Waals surface area contributed by atoms with Gasteiger partial charge in [-0.1, -0.05) is 0 Å². The quantitative estimate of drug-likeness (QED) is 0.713. The summed E-state index contributed by atoms with van der Waals surface area (Å²) in [5, 5.41) is 4.55. The van der Waals surface area contributed by atoms with Gasteiger partial charge in [0.1, 0.15) is 0 Å². The molecule has 1 aromatic carbocycles. The Morgan fingerprint density at radius 2 is 2.20 bits per heavy atom. The molecule has 0 saturated carbocycles. The lowest BCUT2D eigenvalue weighted by molar-refractivity contribution is 0.619. The Morgan fingerprint density at radius 1 is 1.30 bits per heavy atom. The number of pyridine rings is 1. The summed E-state index contributed by atoms with van der Waals surface area (Å²) in [6.45, 7) is 2.99. The lowest BCUT2D eigenvalue weighted by Crippen LogP contribution is -2.21. The monoisotopic (exact) mass is 267 g/mol. The van der Waals surface area contributed by atoms with Gasteiger partial charge in [-0.25, -0.2) is 4.98 Å². The number of benzene rings is 1. The van der Waals surface area contributed by atoms with Gasteiger partial charge in [0.05, 0.1) is 17.5 Å². The lowest BCUT2D eigenvalue weighted by atomic mass is 10.1. The van der Waals surface area contributed by atoms with Crippen LogP contribution in [0.15, 0.2) is 49.2 Å². The molecule has 5 heteroatoms. The highest BCUT2D eigenvalue weighted by Crippen LogP contribution is 2.26. The molecular weight excluding hydrogens is 250 g/mol. The maximum absolute atomic E-state index is 5.96. The van der Waals surface area contributed by atoms with E-state index in [-0.39, 0.29) is 6.04 Å². The van der Waals surface area contributed by atoms with E-state index in [0.29, 0.717) is 5.69 Å². The molecule has 0 saturated heterocycles. The van der Waals surface area contributed by atoms with Crippen LogP contribution in [0.1, 0.15) is 6.92 Å². The van der Waals surface area contributed by atoms with E-state index >= 15 is 0 Å². The molecule has 3 N–H and O–H groups in total. The second-order valence-corrected chi connectivity index (χ2v) is 4.91. The minimum atomic E-state index is 0.274. The molecule has 102 valence electrons. The zero-order chi connectivity index (χ0) is 13.9. The van der Waals surface area contributed by atoms with Crippen molar-refractivity contribution in [2.75, 3.05) is 11.1 Å². The van der Waals surface area contributed by atoms with Crippen molar-refractivity contribution in [3.05, 3.63) is 49.2 Å². The summed E-state index contributed by atoms with van der Waals surface area (Å²) in [4.78, 5) is 8.40. The van der Waals surface area contributed by atoms with E-state index in [1.165, 1.54) is 0 Å². The van der Waals surface area contributed by atoms with Crippen LogP contribution in [0.25, 0.3) is 10.9 Å². The van der Waals surface area contributed by atoms with E-state index < -0.39 is 0 Å². The van der Waals surface area contributed by atoms with Gasteiger partial charge in [-0.3, -0.25) is 4.98 Å². The van der Waals surface area contributed by atoms with Gasteiger partial charge in [0.2, 0.25) is 0 Å². The number of fused-ring (bicyclic) bond motifs is 1. The molecule has 0 aliphatic carbocycles. The first-order chi connectivity index (χ1) is 9.74. The molecule has 0 spiro atoms. The summed E-state index contributed by atoms with van der Waals surface area (Å²) in [5.74, 6) is 0. The van der Waals surface area contributed by atoms with E-state index in [1.807, 2.05) is 36.8 Å². The Hall–Kier alpha value is -2.56. The Balaban J connectivity index is 1.85. The van der Waals surface area contributed by atoms with Crippen LogP contribution in [-0.2, 0) is 6.54 Å². The molecule has 3 aromatic rings. The molecule has 1 unspecified atom stereocenters. The van der Waals surface area contributed by atoms with Crippen LogP contribution >= 0.6 is 0 Å². The van der Waals surface area contributed by atoms with E-state index in [1.54, 1.807) is 12.4 Å². The molecule has 0 aliphatic heterocycles. The SMILES string of the molecule is CC(Cn1ccnc1)Nc1ccc(N)c2ncccc12. The summed E-state index contributed by atoms with van der Waals surface area (Å²) in [7, 11) is 0. The predicted octanol–water partition coefficient (Wildman–Crippen LogP) is 2.51. The first-order valence-electron chi connectivity index (χ1n) is 6.59. The van der Waals surface area contributed by atoms with Crippen molar-refractivity contribution in [3.63, 3.8) is 0 Å². The maximum atomic E-state index is 5.96. The van der Waals surface area contributed by atoms with Gasteiger partial charge in [-0.15, -0.1) is 0 Å². The van der Waals surface area contributed by atoms with Crippen molar-refractivity contribution in [1.82, 2.24) is 14.5 Å². The summed E-state index contributed by atoms with van der Waals surface area (Å²) in [6, 6.07) is 8.13. The molecule has 0 radical (unpaired) electrons. The largest absolute Gasteiger partial charge is 0.397 e. The fraction of sp³-hybridized carbons (Fsp3) is 0.200. The normalized spacial score (nSPS) is 12.4. The van der Waals surface area contributed by atoms with Crippen LogP contribution in [0.5, 0.6) is 0 Å². The smallest absolute Gasteiger partial charge is 0.0951 e. The molecule has 5 nitrogen and oxygen atoms in total. The topological polar surface area (TPSA) is 68.8 Å². The van der Waals surface area contributed by atoms with E-state index in [0.717, 1.165) is 23.1 Å². The highest BCUT2D eigenvalue weighted by Gasteiger charge is 2.08. The third kappa shape index (κ3) is 2.42. The second-order valence-electron chi connectivity index (χ2n) is 4.91. The number of nitrogen functional groups attached to an aromatic ring is 1. The molecule has 3 rings (SSSR count). The van der Waals surface area contributed by atoms with Gasteiger partial charge >= 0.3 is 0 Å². The van der Waals surface area contributed by atoms with Crippen LogP contribution in [0.3, 0.4) is 0 Å². The van der Waals surface area contributed by atoms with Crippen molar-refractivity contribution in [2.24, 2.45) is 0 Å². The first-order valence-corrected chi connectivity index (χ1v) is 6.59. The number of hydrogen-bond donors (Lipinski definition) is 2. The molecule has 2 aromatic heterocycles. The van der Waals surface area contributed by atoms with Crippen molar-refractivity contribution in [1.29, 1.82) is 0 Å². The predicted molar refractivity (Wildman–Crippen MR) is 81.5 cm³/mol. The van der Waals surface area contributed by atoms with Crippen LogP contribution in [0, 0.1) is 0 Å². The summed E-state index contributed by atoms with van der Waals surface area (Å²) < 4.78 is 2.05. The number of anilines is 2. The summed E-state index contributed by atoms with van der Waals surface area (Å²) >= 11 is 0. The van der Waals surface area contributed by atoms with Crippen molar-refractivity contribution in [3.8, 4) is 0 Å². The number of nitrogens with one attached hydrogen (secondary N) is 1. The van der Waals surface area contributed by atoms with Gasteiger partial charge in [-0.05, 0) is 31.2 Å². The van der Waals surface area contributed by atoms with Gasteiger partial charge in [0.25, 0.3) is 0 Å². The lowest BCUT2D eigenvalue weighted by Gasteiger charge is -2.17. The minimum absolute atomic E-state index is 0.274. The van der Waals surface area contributed by atoms with Gasteiger partial charge < -0.3 is 15.6 Å². The average Bonchev–Trinajstić information content (AvgIpc) is 2.95. The molecule has 1 atom stereocenters. The number of rotatable bonds is 4. The summed E-state index contributed by atoms with van der Waals surface area (Å²) in [5.41, 5.74) is 8.56. The first kappa shape index (κ1) is 12.5.